The second-order valence-corrected chi connectivity index (χ2v) is 5.89. The summed E-state index contributed by atoms with van der Waals surface area (Å²) in [5.74, 6) is 1.14. The van der Waals surface area contributed by atoms with Crippen molar-refractivity contribution in [2.75, 3.05) is 33.8 Å². The van der Waals surface area contributed by atoms with Crippen LogP contribution in [0.2, 0.25) is 0 Å². The smallest absolute Gasteiger partial charge is 0.276 e. The summed E-state index contributed by atoms with van der Waals surface area (Å²) < 4.78 is 10.7. The van der Waals surface area contributed by atoms with E-state index in [1.54, 1.807) is 13.2 Å². The number of para-hydroxylation sites is 1. The van der Waals surface area contributed by atoms with Crippen LogP contribution in [-0.2, 0) is 0 Å². The quantitative estimate of drug-likeness (QED) is 0.868. The molecule has 0 bridgehead atoms. The lowest BCUT2D eigenvalue weighted by Gasteiger charge is -2.37. The molecule has 1 aliphatic heterocycles. The molecule has 1 aromatic heterocycles. The number of benzene rings is 1. The number of methoxy groups -OCH3 is 1. The molecule has 6 nitrogen and oxygen atoms in total. The Morgan fingerprint density at radius 1 is 1.35 bits per heavy atom. The number of carbonyl (C=O) groups is 1. The topological polar surface area (TPSA) is 58.8 Å². The first-order chi connectivity index (χ1) is 11.1. The molecule has 0 aliphatic carbocycles. The second kappa shape index (κ2) is 6.42. The maximum absolute atomic E-state index is 12.7. The first-order valence-corrected chi connectivity index (χ1v) is 7.69. The normalized spacial score (nSPS) is 18.9. The molecule has 2 heterocycles. The zero-order valence-corrected chi connectivity index (χ0v) is 13.7. The minimum absolute atomic E-state index is 0.0875. The maximum atomic E-state index is 12.7. The third kappa shape index (κ3) is 3.07. The summed E-state index contributed by atoms with van der Waals surface area (Å²) in [5, 5.41) is 3.96. The molecule has 3 rings (SSSR count). The highest BCUT2D eigenvalue weighted by Gasteiger charge is 2.28. The number of hydrogen-bond donors (Lipinski definition) is 0. The van der Waals surface area contributed by atoms with E-state index < -0.39 is 0 Å². The fourth-order valence-electron chi connectivity index (χ4n) is 2.94. The van der Waals surface area contributed by atoms with Crippen LogP contribution in [0.15, 0.2) is 34.9 Å². The molecule has 0 N–H and O–H groups in total. The fourth-order valence-corrected chi connectivity index (χ4v) is 2.94. The Balaban J connectivity index is 1.83. The van der Waals surface area contributed by atoms with Crippen molar-refractivity contribution in [2.45, 2.75) is 13.0 Å². The predicted molar refractivity (Wildman–Crippen MR) is 86.5 cm³/mol. The van der Waals surface area contributed by atoms with Gasteiger partial charge in [-0.2, -0.15) is 0 Å². The molecular weight excluding hydrogens is 294 g/mol. The Morgan fingerprint density at radius 2 is 2.13 bits per heavy atom. The fraction of sp³-hybridized carbons (Fsp3) is 0.412. The average molecular weight is 315 g/mol. The first-order valence-electron chi connectivity index (χ1n) is 7.69. The maximum Gasteiger partial charge on any atom is 0.276 e. The molecule has 0 radical (unpaired) electrons. The summed E-state index contributed by atoms with van der Waals surface area (Å²) in [6.07, 6.45) is 0. The first kappa shape index (κ1) is 15.6. The molecule has 1 amide bonds. The van der Waals surface area contributed by atoms with Gasteiger partial charge in [-0.15, -0.1) is 0 Å². The highest BCUT2D eigenvalue weighted by molar-refractivity contribution is 5.93. The summed E-state index contributed by atoms with van der Waals surface area (Å²) >= 11 is 0. The Kier molecular flexibility index (Phi) is 4.34. The van der Waals surface area contributed by atoms with Crippen molar-refractivity contribution in [2.24, 2.45) is 0 Å². The van der Waals surface area contributed by atoms with Gasteiger partial charge in [-0.25, -0.2) is 0 Å². The van der Waals surface area contributed by atoms with E-state index in [-0.39, 0.29) is 11.9 Å². The Morgan fingerprint density at radius 3 is 2.87 bits per heavy atom. The minimum atomic E-state index is -0.0875. The molecule has 0 saturated carbocycles. The molecule has 1 aliphatic rings. The number of rotatable bonds is 3. The standard InChI is InChI=1S/C17H21N3O3/c1-12-11-19(2)8-9-20(12)17(21)14-10-16(23-18-14)13-6-4-5-7-15(13)22-3/h4-7,10,12H,8-9,11H2,1-3H3/t12-/m0/s1. The van der Waals surface area contributed by atoms with E-state index in [9.17, 15) is 4.79 Å². The number of piperazine rings is 1. The van der Waals surface area contributed by atoms with Crippen LogP contribution in [0.25, 0.3) is 11.3 Å². The summed E-state index contributed by atoms with van der Waals surface area (Å²) in [4.78, 5) is 16.7. The Hall–Kier alpha value is -2.34. The van der Waals surface area contributed by atoms with Crippen molar-refractivity contribution in [1.29, 1.82) is 0 Å². The lowest BCUT2D eigenvalue weighted by molar-refractivity contribution is 0.0523. The van der Waals surface area contributed by atoms with Gasteiger partial charge in [-0.1, -0.05) is 17.3 Å². The number of hydrogen-bond acceptors (Lipinski definition) is 5. The molecule has 2 aromatic rings. The molecule has 0 spiro atoms. The molecule has 1 atom stereocenters. The lowest BCUT2D eigenvalue weighted by Crippen LogP contribution is -2.52. The van der Waals surface area contributed by atoms with Crippen molar-refractivity contribution in [3.05, 3.63) is 36.0 Å². The van der Waals surface area contributed by atoms with Crippen molar-refractivity contribution in [3.63, 3.8) is 0 Å². The van der Waals surface area contributed by atoms with E-state index in [4.69, 9.17) is 9.26 Å². The van der Waals surface area contributed by atoms with Gasteiger partial charge < -0.3 is 19.1 Å². The van der Waals surface area contributed by atoms with Crippen LogP contribution in [0.4, 0.5) is 0 Å². The van der Waals surface area contributed by atoms with Gasteiger partial charge in [-0.05, 0) is 26.1 Å². The van der Waals surface area contributed by atoms with Gasteiger partial charge in [0.25, 0.3) is 5.91 Å². The zero-order valence-electron chi connectivity index (χ0n) is 13.7. The Bertz CT molecular complexity index is 698. The van der Waals surface area contributed by atoms with Gasteiger partial charge >= 0.3 is 0 Å². The van der Waals surface area contributed by atoms with Gasteiger partial charge in [0.2, 0.25) is 0 Å². The van der Waals surface area contributed by atoms with Crippen LogP contribution < -0.4 is 4.74 Å². The number of nitrogens with zero attached hydrogens (tertiary/aromatic N) is 3. The molecule has 1 fully saturated rings. The molecular formula is C17H21N3O3. The highest BCUT2D eigenvalue weighted by atomic mass is 16.5. The third-order valence-corrected chi connectivity index (χ3v) is 4.19. The number of ether oxygens (including phenoxy) is 1. The summed E-state index contributed by atoms with van der Waals surface area (Å²) in [6, 6.07) is 9.35. The van der Waals surface area contributed by atoms with Crippen molar-refractivity contribution >= 4 is 5.91 Å². The third-order valence-electron chi connectivity index (χ3n) is 4.19. The lowest BCUT2D eigenvalue weighted by atomic mass is 10.1. The van der Waals surface area contributed by atoms with E-state index in [1.165, 1.54) is 0 Å². The van der Waals surface area contributed by atoms with Gasteiger partial charge in [-0.3, -0.25) is 4.79 Å². The summed E-state index contributed by atoms with van der Waals surface area (Å²) in [5.41, 5.74) is 1.12. The summed E-state index contributed by atoms with van der Waals surface area (Å²) in [6.45, 7) is 4.48. The minimum Gasteiger partial charge on any atom is -0.496 e. The Labute approximate surface area is 135 Å². The van der Waals surface area contributed by atoms with E-state index in [1.807, 2.05) is 29.2 Å². The number of carbonyl (C=O) groups excluding carboxylic acids is 1. The van der Waals surface area contributed by atoms with Crippen molar-refractivity contribution in [1.82, 2.24) is 15.0 Å². The molecule has 1 aromatic carbocycles. The van der Waals surface area contributed by atoms with Gasteiger partial charge in [0.15, 0.2) is 11.5 Å². The SMILES string of the molecule is COc1ccccc1-c1cc(C(=O)N2CCN(C)C[C@@H]2C)no1. The molecule has 122 valence electrons. The van der Waals surface area contributed by atoms with Crippen LogP contribution >= 0.6 is 0 Å². The second-order valence-electron chi connectivity index (χ2n) is 5.89. The molecule has 6 heteroatoms. The van der Waals surface area contributed by atoms with Gasteiger partial charge in [0.1, 0.15) is 5.75 Å². The number of amides is 1. The van der Waals surface area contributed by atoms with Gasteiger partial charge in [0, 0.05) is 31.7 Å². The van der Waals surface area contributed by atoms with Crippen LogP contribution in [0.1, 0.15) is 17.4 Å². The van der Waals surface area contributed by atoms with E-state index in [0.717, 1.165) is 18.7 Å². The van der Waals surface area contributed by atoms with Crippen LogP contribution in [-0.4, -0.2) is 60.7 Å². The number of aromatic nitrogens is 1. The van der Waals surface area contributed by atoms with E-state index in [0.29, 0.717) is 23.7 Å². The van der Waals surface area contributed by atoms with E-state index in [2.05, 4.69) is 24.0 Å². The number of likely N-dealkylation sites (N-methyl/N-ethyl adjacent to an activating group) is 1. The van der Waals surface area contributed by atoms with Crippen molar-refractivity contribution in [3.8, 4) is 17.1 Å². The predicted octanol–water partition coefficient (Wildman–Crippen LogP) is 2.13. The van der Waals surface area contributed by atoms with Crippen LogP contribution in [0.3, 0.4) is 0 Å². The van der Waals surface area contributed by atoms with Crippen molar-refractivity contribution < 1.29 is 14.1 Å². The molecule has 1 saturated heterocycles. The zero-order chi connectivity index (χ0) is 16.4. The molecule has 23 heavy (non-hydrogen) atoms. The van der Waals surface area contributed by atoms with Crippen LogP contribution in [0.5, 0.6) is 5.75 Å². The summed E-state index contributed by atoms with van der Waals surface area (Å²) in [7, 11) is 3.67. The van der Waals surface area contributed by atoms with E-state index >= 15 is 0 Å². The molecule has 0 unspecified atom stereocenters. The van der Waals surface area contributed by atoms with Gasteiger partial charge in [0.05, 0.1) is 12.7 Å². The highest BCUT2D eigenvalue weighted by Crippen LogP contribution is 2.30. The average Bonchev–Trinajstić information content (AvgIpc) is 3.04. The van der Waals surface area contributed by atoms with Crippen LogP contribution in [0, 0.1) is 0 Å². The monoisotopic (exact) mass is 315 g/mol. The largest absolute Gasteiger partial charge is 0.496 e.